The maximum Gasteiger partial charge on any atom is 0.511 e. The molecule has 1 aliphatic carbocycles. The Labute approximate surface area is 141 Å². The molecule has 4 rings (SSSR count). The van der Waals surface area contributed by atoms with Crippen molar-refractivity contribution in [3.63, 3.8) is 0 Å². The molecule has 2 aromatic rings. The third-order valence-corrected chi connectivity index (χ3v) is 4.35. The van der Waals surface area contributed by atoms with Gasteiger partial charge >= 0.3 is 6.16 Å². The monoisotopic (exact) mass is 349 g/mol. The quantitative estimate of drug-likeness (QED) is 0.844. The zero-order valence-corrected chi connectivity index (χ0v) is 13.3. The molecule has 0 unspecified atom stereocenters. The van der Waals surface area contributed by atoms with Crippen molar-refractivity contribution in [1.82, 2.24) is 9.55 Å². The number of carboxylic acid groups (broad SMARTS) is 1. The van der Waals surface area contributed by atoms with Crippen LogP contribution in [-0.2, 0) is 4.74 Å². The summed E-state index contributed by atoms with van der Waals surface area (Å²) in [6, 6.07) is 1.22. The van der Waals surface area contributed by atoms with Crippen LogP contribution in [0.1, 0.15) is 18.9 Å². The normalized spacial score (nSPS) is 17.7. The lowest BCUT2D eigenvalue weighted by molar-refractivity contribution is 0.122. The van der Waals surface area contributed by atoms with E-state index in [2.05, 4.69) is 9.72 Å². The molecule has 3 heterocycles. The molecular weight excluding hydrogens is 333 g/mol. The summed E-state index contributed by atoms with van der Waals surface area (Å²) < 4.78 is 26.1. The van der Waals surface area contributed by atoms with Gasteiger partial charge < -0.3 is 24.0 Å². The summed E-state index contributed by atoms with van der Waals surface area (Å²) >= 11 is 0. The molecule has 1 N–H and O–H groups in total. The largest absolute Gasteiger partial charge is 0.511 e. The minimum atomic E-state index is -1.59. The molecule has 1 aliphatic heterocycles. The standard InChI is InChI=1S/C16H16FN3O5/c17-11-7-10-13(21)12(25-16(22)23)8-20(9-1-2-9)14(10)18-15(11)19-3-5-24-6-4-19/h7-9H,1-6H2,(H,22,23). The van der Waals surface area contributed by atoms with Crippen molar-refractivity contribution in [2.24, 2.45) is 0 Å². The number of pyridine rings is 2. The fourth-order valence-electron chi connectivity index (χ4n) is 3.01. The minimum Gasteiger partial charge on any atom is -0.449 e. The maximum atomic E-state index is 14.6. The number of hydrogen-bond acceptors (Lipinski definition) is 6. The average Bonchev–Trinajstić information content (AvgIpc) is 3.42. The van der Waals surface area contributed by atoms with Crippen LogP contribution in [0.2, 0.25) is 0 Å². The summed E-state index contributed by atoms with van der Waals surface area (Å²) in [5.41, 5.74) is -0.345. The molecule has 8 nitrogen and oxygen atoms in total. The number of carbonyl (C=O) groups is 1. The molecule has 1 saturated carbocycles. The Balaban J connectivity index is 1.90. The van der Waals surface area contributed by atoms with Gasteiger partial charge in [0.15, 0.2) is 17.4 Å². The molecule has 1 saturated heterocycles. The number of halogens is 1. The lowest BCUT2D eigenvalue weighted by Gasteiger charge is -2.28. The highest BCUT2D eigenvalue weighted by Gasteiger charge is 2.28. The Morgan fingerprint density at radius 3 is 2.72 bits per heavy atom. The number of morpholine rings is 1. The molecule has 0 bridgehead atoms. The lowest BCUT2D eigenvalue weighted by Crippen LogP contribution is -2.37. The number of anilines is 1. The molecule has 0 spiro atoms. The van der Waals surface area contributed by atoms with Gasteiger partial charge in [0.25, 0.3) is 0 Å². The van der Waals surface area contributed by atoms with Crippen molar-refractivity contribution in [2.75, 3.05) is 31.2 Å². The zero-order chi connectivity index (χ0) is 17.6. The van der Waals surface area contributed by atoms with Crippen LogP contribution >= 0.6 is 0 Å². The Bertz CT molecular complexity index is 903. The first-order valence-electron chi connectivity index (χ1n) is 8.03. The van der Waals surface area contributed by atoms with Crippen molar-refractivity contribution in [3.05, 3.63) is 28.3 Å². The average molecular weight is 349 g/mol. The Morgan fingerprint density at radius 1 is 1.36 bits per heavy atom. The molecule has 132 valence electrons. The van der Waals surface area contributed by atoms with Crippen molar-refractivity contribution in [3.8, 4) is 5.75 Å². The molecule has 25 heavy (non-hydrogen) atoms. The van der Waals surface area contributed by atoms with E-state index in [1.54, 1.807) is 9.47 Å². The van der Waals surface area contributed by atoms with Crippen molar-refractivity contribution in [2.45, 2.75) is 18.9 Å². The third-order valence-electron chi connectivity index (χ3n) is 4.35. The van der Waals surface area contributed by atoms with Crippen molar-refractivity contribution < 1.29 is 23.8 Å². The van der Waals surface area contributed by atoms with Crippen molar-refractivity contribution in [1.29, 1.82) is 0 Å². The molecule has 0 aromatic carbocycles. The van der Waals surface area contributed by atoms with E-state index in [9.17, 15) is 14.0 Å². The van der Waals surface area contributed by atoms with E-state index in [0.29, 0.717) is 32.0 Å². The molecular formula is C16H16FN3O5. The summed E-state index contributed by atoms with van der Waals surface area (Å²) in [7, 11) is 0. The SMILES string of the molecule is O=C(O)Oc1cn(C2CC2)c2nc(N3CCOCC3)c(F)cc2c1=O. The number of ether oxygens (including phenoxy) is 2. The van der Waals surface area contributed by atoms with E-state index in [1.807, 2.05) is 0 Å². The summed E-state index contributed by atoms with van der Waals surface area (Å²) in [4.78, 5) is 29.4. The Kier molecular flexibility index (Phi) is 3.79. The topological polar surface area (TPSA) is 93.9 Å². The summed E-state index contributed by atoms with van der Waals surface area (Å²) in [5.74, 6) is -0.787. The molecule has 2 fully saturated rings. The van der Waals surface area contributed by atoms with E-state index < -0.39 is 17.4 Å². The first-order valence-corrected chi connectivity index (χ1v) is 8.03. The summed E-state index contributed by atoms with van der Waals surface area (Å²) in [5, 5.41) is 8.81. The van der Waals surface area contributed by atoms with E-state index in [4.69, 9.17) is 9.84 Å². The second-order valence-electron chi connectivity index (χ2n) is 6.09. The molecule has 2 aliphatic rings. The third kappa shape index (κ3) is 2.91. The maximum absolute atomic E-state index is 14.6. The van der Waals surface area contributed by atoms with E-state index in [1.165, 1.54) is 6.20 Å². The van der Waals surface area contributed by atoms with Gasteiger partial charge in [-0.25, -0.2) is 14.2 Å². The summed E-state index contributed by atoms with van der Waals surface area (Å²) in [6.45, 7) is 2.01. The minimum absolute atomic E-state index is 0.0140. The number of rotatable bonds is 3. The smallest absolute Gasteiger partial charge is 0.449 e. The number of hydrogen-bond donors (Lipinski definition) is 1. The van der Waals surface area contributed by atoms with Gasteiger partial charge in [0.05, 0.1) is 24.8 Å². The van der Waals surface area contributed by atoms with Gasteiger partial charge in [-0.1, -0.05) is 0 Å². The van der Waals surface area contributed by atoms with Crippen LogP contribution in [0, 0.1) is 5.82 Å². The highest BCUT2D eigenvalue weighted by atomic mass is 19.1. The highest BCUT2D eigenvalue weighted by Crippen LogP contribution is 2.37. The number of nitrogens with zero attached hydrogens (tertiary/aromatic N) is 3. The van der Waals surface area contributed by atoms with Crippen LogP contribution in [0.15, 0.2) is 17.1 Å². The molecule has 0 atom stereocenters. The Hall–Kier alpha value is -2.68. The van der Waals surface area contributed by atoms with E-state index in [-0.39, 0.29) is 23.0 Å². The fraction of sp³-hybridized carbons (Fsp3) is 0.438. The number of fused-ring (bicyclic) bond motifs is 1. The predicted molar refractivity (Wildman–Crippen MR) is 85.9 cm³/mol. The van der Waals surface area contributed by atoms with Crippen molar-refractivity contribution >= 4 is 23.0 Å². The van der Waals surface area contributed by atoms with Crippen LogP contribution in [0.4, 0.5) is 15.0 Å². The van der Waals surface area contributed by atoms with Crippen LogP contribution < -0.4 is 15.1 Å². The van der Waals surface area contributed by atoms with Crippen LogP contribution in [0.25, 0.3) is 11.0 Å². The van der Waals surface area contributed by atoms with Gasteiger partial charge in [0.1, 0.15) is 5.65 Å². The van der Waals surface area contributed by atoms with Crippen LogP contribution in [0.5, 0.6) is 5.75 Å². The van der Waals surface area contributed by atoms with E-state index >= 15 is 0 Å². The Morgan fingerprint density at radius 2 is 2.08 bits per heavy atom. The zero-order valence-electron chi connectivity index (χ0n) is 13.3. The highest BCUT2D eigenvalue weighted by molar-refractivity contribution is 5.80. The second kappa shape index (κ2) is 5.99. The van der Waals surface area contributed by atoms with Gasteiger partial charge in [-0.2, -0.15) is 0 Å². The molecule has 9 heteroatoms. The van der Waals surface area contributed by atoms with Gasteiger partial charge in [-0.15, -0.1) is 0 Å². The molecule has 2 aromatic heterocycles. The number of aromatic nitrogens is 2. The van der Waals surface area contributed by atoms with Gasteiger partial charge in [0.2, 0.25) is 5.43 Å². The summed E-state index contributed by atoms with van der Waals surface area (Å²) in [6.07, 6.45) is 1.54. The first kappa shape index (κ1) is 15.8. The van der Waals surface area contributed by atoms with Crippen LogP contribution in [-0.4, -0.2) is 47.1 Å². The van der Waals surface area contributed by atoms with E-state index in [0.717, 1.165) is 18.9 Å². The predicted octanol–water partition coefficient (Wildman–Crippen LogP) is 1.76. The lowest BCUT2D eigenvalue weighted by atomic mass is 10.2. The van der Waals surface area contributed by atoms with Gasteiger partial charge in [-0.05, 0) is 18.9 Å². The van der Waals surface area contributed by atoms with Crippen LogP contribution in [0.3, 0.4) is 0 Å². The molecule has 0 amide bonds. The van der Waals surface area contributed by atoms with Gasteiger partial charge in [-0.3, -0.25) is 4.79 Å². The second-order valence-corrected chi connectivity index (χ2v) is 6.09. The first-order chi connectivity index (χ1) is 12.0. The fourth-order valence-corrected chi connectivity index (χ4v) is 3.01. The molecule has 0 radical (unpaired) electrons. The van der Waals surface area contributed by atoms with Gasteiger partial charge in [0, 0.05) is 19.1 Å².